The summed E-state index contributed by atoms with van der Waals surface area (Å²) in [6, 6.07) is 0. The van der Waals surface area contributed by atoms with Crippen LogP contribution in [0.1, 0.15) is 432 Å². The van der Waals surface area contributed by atoms with Crippen molar-refractivity contribution in [2.45, 2.75) is 438 Å². The first-order valence-electron chi connectivity index (χ1n) is 37.8. The fourth-order valence-corrected chi connectivity index (χ4v) is 11.8. The molecule has 1 atom stereocenters. The van der Waals surface area contributed by atoms with Gasteiger partial charge in [0.1, 0.15) is 13.2 Å². The van der Waals surface area contributed by atoms with Crippen molar-refractivity contribution < 1.29 is 28.6 Å². The van der Waals surface area contributed by atoms with Crippen LogP contribution in [0.5, 0.6) is 0 Å². The summed E-state index contributed by atoms with van der Waals surface area (Å²) < 4.78 is 16.9. The Morgan fingerprint density at radius 3 is 0.663 bits per heavy atom. The first-order chi connectivity index (χ1) is 41.0. The first-order valence-corrected chi connectivity index (χ1v) is 37.8. The van der Waals surface area contributed by atoms with E-state index in [0.29, 0.717) is 19.3 Å². The van der Waals surface area contributed by atoms with Gasteiger partial charge in [0.15, 0.2) is 6.10 Å². The number of hydrogen-bond donors (Lipinski definition) is 0. The molecule has 0 rings (SSSR count). The number of unbranched alkanes of at least 4 members (excludes halogenated alkanes) is 56. The van der Waals surface area contributed by atoms with Crippen LogP contribution < -0.4 is 0 Å². The van der Waals surface area contributed by atoms with Gasteiger partial charge in [-0.2, -0.15) is 0 Å². The van der Waals surface area contributed by atoms with Crippen LogP contribution in [0.15, 0.2) is 24.3 Å². The summed E-state index contributed by atoms with van der Waals surface area (Å²) in [5, 5.41) is 0. The summed E-state index contributed by atoms with van der Waals surface area (Å²) in [5.74, 6) is -0.842. The molecule has 0 saturated heterocycles. The molecule has 0 saturated carbocycles. The SMILES string of the molecule is CCCCCCC/C=C\C/C=C\CCCCCCCCCCCCCC(=O)OC(COC(=O)CCCCCCCCCC)COC(=O)CCCCCCCCCCCCCCCCCCCCCCCCCCCCCCCCCCCC. The number of allylic oxidation sites excluding steroid dienone is 4. The van der Waals surface area contributed by atoms with Crippen molar-refractivity contribution in [3.05, 3.63) is 24.3 Å². The average molecular weight is 1170 g/mol. The Morgan fingerprint density at radius 1 is 0.241 bits per heavy atom. The smallest absolute Gasteiger partial charge is 0.306 e. The van der Waals surface area contributed by atoms with Crippen LogP contribution in [0.4, 0.5) is 0 Å². The molecule has 490 valence electrons. The highest BCUT2D eigenvalue weighted by atomic mass is 16.6. The summed E-state index contributed by atoms with van der Waals surface area (Å²) in [5.41, 5.74) is 0. The number of carbonyl (C=O) groups excluding carboxylic acids is 3. The lowest BCUT2D eigenvalue weighted by molar-refractivity contribution is -0.167. The summed E-state index contributed by atoms with van der Waals surface area (Å²) in [6.07, 6.45) is 89.8. The summed E-state index contributed by atoms with van der Waals surface area (Å²) >= 11 is 0. The number of esters is 3. The lowest BCUT2D eigenvalue weighted by Gasteiger charge is -2.18. The topological polar surface area (TPSA) is 78.9 Å². The molecule has 0 aliphatic carbocycles. The molecule has 0 aromatic heterocycles. The van der Waals surface area contributed by atoms with E-state index in [1.54, 1.807) is 0 Å². The zero-order valence-corrected chi connectivity index (χ0v) is 56.5. The van der Waals surface area contributed by atoms with Crippen LogP contribution >= 0.6 is 0 Å². The van der Waals surface area contributed by atoms with Crippen molar-refractivity contribution >= 4 is 17.9 Å². The fourth-order valence-electron chi connectivity index (χ4n) is 11.8. The number of carbonyl (C=O) groups is 3. The second-order valence-electron chi connectivity index (χ2n) is 25.9. The van der Waals surface area contributed by atoms with Gasteiger partial charge in [0.05, 0.1) is 0 Å². The van der Waals surface area contributed by atoms with Crippen molar-refractivity contribution in [1.82, 2.24) is 0 Å². The van der Waals surface area contributed by atoms with Crippen molar-refractivity contribution in [2.24, 2.45) is 0 Å². The third-order valence-corrected chi connectivity index (χ3v) is 17.5. The molecule has 6 nitrogen and oxygen atoms in total. The maximum absolute atomic E-state index is 12.9. The van der Waals surface area contributed by atoms with Gasteiger partial charge in [-0.25, -0.2) is 0 Å². The van der Waals surface area contributed by atoms with Crippen LogP contribution in [0.2, 0.25) is 0 Å². The van der Waals surface area contributed by atoms with E-state index in [1.807, 2.05) is 0 Å². The van der Waals surface area contributed by atoms with E-state index in [-0.39, 0.29) is 31.1 Å². The average Bonchev–Trinajstić information content (AvgIpc) is 3.49. The van der Waals surface area contributed by atoms with Crippen molar-refractivity contribution in [3.8, 4) is 0 Å². The minimum absolute atomic E-state index is 0.0659. The highest BCUT2D eigenvalue weighted by molar-refractivity contribution is 5.71. The molecule has 0 fully saturated rings. The van der Waals surface area contributed by atoms with Crippen LogP contribution in [0, 0.1) is 0 Å². The third-order valence-electron chi connectivity index (χ3n) is 17.5. The molecule has 0 spiro atoms. The highest BCUT2D eigenvalue weighted by Crippen LogP contribution is 2.20. The van der Waals surface area contributed by atoms with Gasteiger partial charge in [-0.05, 0) is 51.4 Å². The van der Waals surface area contributed by atoms with Crippen LogP contribution in [-0.2, 0) is 28.6 Å². The van der Waals surface area contributed by atoms with Crippen LogP contribution in [0.3, 0.4) is 0 Å². The van der Waals surface area contributed by atoms with Gasteiger partial charge in [-0.1, -0.05) is 385 Å². The molecule has 0 radical (unpaired) electrons. The Morgan fingerprint density at radius 2 is 0.434 bits per heavy atom. The largest absolute Gasteiger partial charge is 0.462 e. The summed E-state index contributed by atoms with van der Waals surface area (Å²) in [4.78, 5) is 38.3. The van der Waals surface area contributed by atoms with Crippen molar-refractivity contribution in [2.75, 3.05) is 13.2 Å². The van der Waals surface area contributed by atoms with Gasteiger partial charge >= 0.3 is 17.9 Å². The van der Waals surface area contributed by atoms with Crippen LogP contribution in [0.25, 0.3) is 0 Å². The predicted octanol–water partition coefficient (Wildman–Crippen LogP) is 26.1. The van der Waals surface area contributed by atoms with E-state index in [4.69, 9.17) is 14.2 Å². The third kappa shape index (κ3) is 70.5. The molecule has 0 aliphatic heterocycles. The molecule has 0 aliphatic rings. The Balaban J connectivity index is 3.97. The molecule has 1 unspecified atom stereocenters. The minimum atomic E-state index is -0.768. The predicted molar refractivity (Wildman–Crippen MR) is 363 cm³/mol. The monoisotopic (exact) mass is 1170 g/mol. The number of hydrogen-bond acceptors (Lipinski definition) is 6. The quantitative estimate of drug-likeness (QED) is 0.0261. The van der Waals surface area contributed by atoms with Gasteiger partial charge in [0, 0.05) is 19.3 Å². The first kappa shape index (κ1) is 80.9. The Kier molecular flexibility index (Phi) is 70.5. The molecule has 0 bridgehead atoms. The molecule has 6 heteroatoms. The van der Waals surface area contributed by atoms with Gasteiger partial charge in [0.2, 0.25) is 0 Å². The standard InChI is InChI=1S/C77H146O6/c1-4-7-10-13-16-19-21-23-25-27-29-31-33-34-35-36-37-38-39-40-41-42-43-45-46-48-50-52-54-56-58-61-64-67-70-76(79)82-73-74(72-81-75(78)69-66-63-60-18-15-12-9-6-3)83-77(80)71-68-65-62-59-57-55-53-51-49-47-44-32-30-28-26-24-22-20-17-14-11-8-5-2/h22,24,28,30,74H,4-21,23,25-27,29,31-73H2,1-3H3/b24-22-,30-28-. The number of rotatable bonds is 71. The zero-order valence-electron chi connectivity index (χ0n) is 56.5. The van der Waals surface area contributed by atoms with E-state index in [9.17, 15) is 14.4 Å². The molecule has 0 aromatic rings. The zero-order chi connectivity index (χ0) is 59.9. The van der Waals surface area contributed by atoms with Gasteiger partial charge in [-0.3, -0.25) is 14.4 Å². The summed E-state index contributed by atoms with van der Waals surface area (Å²) in [6.45, 7) is 6.68. The second kappa shape index (κ2) is 72.4. The van der Waals surface area contributed by atoms with E-state index in [1.165, 1.54) is 327 Å². The molecule has 83 heavy (non-hydrogen) atoms. The van der Waals surface area contributed by atoms with Gasteiger partial charge < -0.3 is 14.2 Å². The van der Waals surface area contributed by atoms with Crippen LogP contribution in [-0.4, -0.2) is 37.2 Å². The Labute approximate surface area is 519 Å². The molecule has 0 amide bonds. The minimum Gasteiger partial charge on any atom is -0.462 e. The van der Waals surface area contributed by atoms with E-state index in [0.717, 1.165) is 64.2 Å². The molecular formula is C77H146O6. The molecule has 0 heterocycles. The Bertz CT molecular complexity index is 1340. The second-order valence-corrected chi connectivity index (χ2v) is 25.9. The van der Waals surface area contributed by atoms with Gasteiger partial charge in [0.25, 0.3) is 0 Å². The summed E-state index contributed by atoms with van der Waals surface area (Å²) in [7, 11) is 0. The van der Waals surface area contributed by atoms with E-state index < -0.39 is 6.10 Å². The van der Waals surface area contributed by atoms with Crippen molar-refractivity contribution in [3.63, 3.8) is 0 Å². The van der Waals surface area contributed by atoms with E-state index in [2.05, 4.69) is 45.1 Å². The molecular weight excluding hydrogens is 1020 g/mol. The maximum Gasteiger partial charge on any atom is 0.306 e. The lowest BCUT2D eigenvalue weighted by Crippen LogP contribution is -2.30. The van der Waals surface area contributed by atoms with E-state index >= 15 is 0 Å². The molecule has 0 N–H and O–H groups in total. The Hall–Kier alpha value is -2.11. The number of ether oxygens (including phenoxy) is 3. The fraction of sp³-hybridized carbons (Fsp3) is 0.909. The lowest BCUT2D eigenvalue weighted by atomic mass is 10.0. The highest BCUT2D eigenvalue weighted by Gasteiger charge is 2.20. The van der Waals surface area contributed by atoms with Gasteiger partial charge in [-0.15, -0.1) is 0 Å². The van der Waals surface area contributed by atoms with Crippen molar-refractivity contribution in [1.29, 1.82) is 0 Å². The molecule has 0 aromatic carbocycles. The normalized spacial score (nSPS) is 12.1. The maximum atomic E-state index is 12.9.